The van der Waals surface area contributed by atoms with Gasteiger partial charge >= 0.3 is 18.0 Å². The maximum Gasteiger partial charge on any atom is 0.411 e. The Kier molecular flexibility index (Phi) is 11.3. The summed E-state index contributed by atoms with van der Waals surface area (Å²) in [7, 11) is 1.27. The lowest BCUT2D eigenvalue weighted by atomic mass is 10.1. The molecule has 0 spiro atoms. The maximum absolute atomic E-state index is 13.9. The third kappa shape index (κ3) is 9.02. The van der Waals surface area contributed by atoms with Crippen molar-refractivity contribution in [3.05, 3.63) is 120 Å². The summed E-state index contributed by atoms with van der Waals surface area (Å²) in [5, 5.41) is 0. The Hall–Kier alpha value is -4.47. The van der Waals surface area contributed by atoms with E-state index in [4.69, 9.17) is 23.7 Å². The van der Waals surface area contributed by atoms with Crippen LogP contribution < -0.4 is 0 Å². The average Bonchev–Trinajstić information content (AvgIpc) is 3.32. The zero-order valence-corrected chi connectivity index (χ0v) is 25.5. The molecule has 1 fully saturated rings. The van der Waals surface area contributed by atoms with Gasteiger partial charge in [-0.05, 0) is 44.0 Å². The molecule has 44 heavy (non-hydrogen) atoms. The molecule has 4 rings (SSSR count). The highest BCUT2D eigenvalue weighted by molar-refractivity contribution is 5.89. The number of carbonyl (C=O) groups excluding carboxylic acids is 3. The van der Waals surface area contributed by atoms with Crippen LogP contribution in [0.5, 0.6) is 0 Å². The third-order valence-corrected chi connectivity index (χ3v) is 6.92. The molecule has 1 saturated heterocycles. The van der Waals surface area contributed by atoms with Crippen LogP contribution in [-0.2, 0) is 41.7 Å². The quantitative estimate of drug-likeness (QED) is 0.156. The van der Waals surface area contributed by atoms with Crippen molar-refractivity contribution in [2.24, 2.45) is 0 Å². The van der Waals surface area contributed by atoms with E-state index in [1.165, 1.54) is 18.1 Å². The fourth-order valence-electron chi connectivity index (χ4n) is 4.90. The molecular formula is C35H39NO8. The van der Waals surface area contributed by atoms with Gasteiger partial charge in [-0.25, -0.2) is 14.4 Å². The van der Waals surface area contributed by atoms with Crippen LogP contribution in [0.25, 0.3) is 0 Å². The minimum absolute atomic E-state index is 0.204. The fraction of sp³-hybridized carbons (Fsp3) is 0.343. The van der Waals surface area contributed by atoms with Crippen LogP contribution in [0.1, 0.15) is 42.3 Å². The van der Waals surface area contributed by atoms with Gasteiger partial charge in [-0.1, -0.05) is 84.9 Å². The van der Waals surface area contributed by atoms with Crippen LogP contribution >= 0.6 is 0 Å². The summed E-state index contributed by atoms with van der Waals surface area (Å²) >= 11 is 0. The van der Waals surface area contributed by atoms with Gasteiger partial charge in [-0.3, -0.25) is 4.90 Å². The van der Waals surface area contributed by atoms with Crippen molar-refractivity contribution in [2.45, 2.75) is 63.9 Å². The van der Waals surface area contributed by atoms with Gasteiger partial charge in [0.25, 0.3) is 0 Å². The predicted octanol–water partition coefficient (Wildman–Crippen LogP) is 5.73. The van der Waals surface area contributed by atoms with E-state index in [0.717, 1.165) is 11.1 Å². The fourth-order valence-corrected chi connectivity index (χ4v) is 4.90. The van der Waals surface area contributed by atoms with Crippen LogP contribution in [-0.4, -0.2) is 66.5 Å². The lowest BCUT2D eigenvalue weighted by Gasteiger charge is -2.32. The summed E-state index contributed by atoms with van der Waals surface area (Å²) < 4.78 is 29.4. The second kappa shape index (κ2) is 15.3. The van der Waals surface area contributed by atoms with Crippen LogP contribution in [0.2, 0.25) is 0 Å². The molecule has 1 heterocycles. The Balaban J connectivity index is 1.74. The van der Waals surface area contributed by atoms with Crippen molar-refractivity contribution in [3.8, 4) is 0 Å². The molecular weight excluding hydrogens is 562 g/mol. The molecule has 1 amide bonds. The zero-order valence-electron chi connectivity index (χ0n) is 25.5. The molecule has 3 aromatic rings. The molecule has 0 N–H and O–H groups in total. The molecule has 9 heteroatoms. The van der Waals surface area contributed by atoms with Gasteiger partial charge in [0.1, 0.15) is 24.4 Å². The number of carbonyl (C=O) groups is 3. The number of benzene rings is 3. The summed E-state index contributed by atoms with van der Waals surface area (Å²) in [6.45, 7) is 5.49. The molecule has 3 aromatic carbocycles. The zero-order chi connectivity index (χ0) is 31.5. The van der Waals surface area contributed by atoms with Gasteiger partial charge in [0.2, 0.25) is 0 Å². The van der Waals surface area contributed by atoms with E-state index < -0.39 is 47.9 Å². The standard InChI is InChI=1S/C35H39NO8/c1-35(2,3)44-34(39)36-28(20-21-30(37)40-4)31(41-22-25-14-8-5-9-15-25)32(42-23-26-16-10-6-11-17-26)29(36)24-43-33(38)27-18-12-7-13-19-27/h5-21,28-29,31-32H,22-24H2,1-4H3/b21-20+/t28-,29+,31-,32+/m0/s1. The highest BCUT2D eigenvalue weighted by atomic mass is 16.6. The highest BCUT2D eigenvalue weighted by Gasteiger charge is 2.53. The summed E-state index contributed by atoms with van der Waals surface area (Å²) in [4.78, 5) is 40.5. The normalized spacial score (nSPS) is 20.0. The molecule has 0 aromatic heterocycles. The molecule has 4 atom stereocenters. The van der Waals surface area contributed by atoms with E-state index in [9.17, 15) is 14.4 Å². The summed E-state index contributed by atoms with van der Waals surface area (Å²) in [5.74, 6) is -1.15. The highest BCUT2D eigenvalue weighted by Crippen LogP contribution is 2.34. The average molecular weight is 602 g/mol. The molecule has 232 valence electrons. The smallest absolute Gasteiger partial charge is 0.411 e. The second-order valence-electron chi connectivity index (χ2n) is 11.3. The minimum Gasteiger partial charge on any atom is -0.466 e. The van der Waals surface area contributed by atoms with Crippen molar-refractivity contribution < 1.29 is 38.1 Å². The first-order chi connectivity index (χ1) is 21.2. The molecule has 0 saturated carbocycles. The van der Waals surface area contributed by atoms with Gasteiger partial charge in [0.05, 0.1) is 38.0 Å². The number of methoxy groups -OCH3 is 1. The van der Waals surface area contributed by atoms with Crippen LogP contribution in [0.4, 0.5) is 4.79 Å². The monoisotopic (exact) mass is 601 g/mol. The Morgan fingerprint density at radius 2 is 1.30 bits per heavy atom. The van der Waals surface area contributed by atoms with Crippen molar-refractivity contribution in [1.29, 1.82) is 0 Å². The molecule has 0 radical (unpaired) electrons. The Bertz CT molecular complexity index is 1390. The number of nitrogens with zero attached hydrogens (tertiary/aromatic N) is 1. The molecule has 0 aliphatic carbocycles. The SMILES string of the molecule is COC(=O)/C=C/[C@H]1[C@H](OCc2ccccc2)[C@H](OCc2ccccc2)[C@@H](COC(=O)c2ccccc2)N1C(=O)OC(C)(C)C. The molecule has 9 nitrogen and oxygen atoms in total. The van der Waals surface area contributed by atoms with E-state index in [-0.39, 0.29) is 19.8 Å². The van der Waals surface area contributed by atoms with Crippen molar-refractivity contribution in [2.75, 3.05) is 13.7 Å². The van der Waals surface area contributed by atoms with Crippen molar-refractivity contribution in [1.82, 2.24) is 4.90 Å². The topological polar surface area (TPSA) is 101 Å². The molecule has 1 aliphatic rings. The first kappa shape index (κ1) is 32.4. The second-order valence-corrected chi connectivity index (χ2v) is 11.3. The first-order valence-electron chi connectivity index (χ1n) is 14.5. The van der Waals surface area contributed by atoms with Gasteiger partial charge in [0, 0.05) is 6.08 Å². The molecule has 0 bridgehead atoms. The lowest BCUT2D eigenvalue weighted by molar-refractivity contribution is -0.134. The van der Waals surface area contributed by atoms with Crippen LogP contribution in [0.3, 0.4) is 0 Å². The number of hydrogen-bond donors (Lipinski definition) is 0. The maximum atomic E-state index is 13.9. The third-order valence-electron chi connectivity index (χ3n) is 6.92. The number of ether oxygens (including phenoxy) is 5. The number of likely N-dealkylation sites (tertiary alicyclic amines) is 1. The minimum atomic E-state index is -0.831. The summed E-state index contributed by atoms with van der Waals surface area (Å²) in [6.07, 6.45) is 0.573. The van der Waals surface area contributed by atoms with Gasteiger partial charge in [0.15, 0.2) is 0 Å². The van der Waals surface area contributed by atoms with E-state index in [1.807, 2.05) is 60.7 Å². The van der Waals surface area contributed by atoms with Crippen LogP contribution in [0.15, 0.2) is 103 Å². The Morgan fingerprint density at radius 1 is 0.773 bits per heavy atom. The van der Waals surface area contributed by atoms with E-state index in [0.29, 0.717) is 5.56 Å². The molecule has 0 unspecified atom stereocenters. The Morgan fingerprint density at radius 3 is 1.82 bits per heavy atom. The first-order valence-corrected chi connectivity index (χ1v) is 14.5. The molecule has 1 aliphatic heterocycles. The Labute approximate surface area is 258 Å². The van der Waals surface area contributed by atoms with Gasteiger partial charge < -0.3 is 23.7 Å². The number of hydrogen-bond acceptors (Lipinski definition) is 8. The van der Waals surface area contributed by atoms with Crippen molar-refractivity contribution in [3.63, 3.8) is 0 Å². The lowest BCUT2D eigenvalue weighted by Crippen LogP contribution is -2.48. The van der Waals surface area contributed by atoms with E-state index >= 15 is 0 Å². The predicted molar refractivity (Wildman–Crippen MR) is 164 cm³/mol. The number of amides is 1. The summed E-state index contributed by atoms with van der Waals surface area (Å²) in [5.41, 5.74) is 1.36. The van der Waals surface area contributed by atoms with Gasteiger partial charge in [-0.2, -0.15) is 0 Å². The van der Waals surface area contributed by atoms with Crippen molar-refractivity contribution >= 4 is 18.0 Å². The number of esters is 2. The van der Waals surface area contributed by atoms with Crippen LogP contribution in [0, 0.1) is 0 Å². The van der Waals surface area contributed by atoms with Gasteiger partial charge in [-0.15, -0.1) is 0 Å². The summed E-state index contributed by atoms with van der Waals surface area (Å²) in [6, 6.07) is 26.1. The largest absolute Gasteiger partial charge is 0.466 e. The van der Waals surface area contributed by atoms with E-state index in [1.54, 1.807) is 57.2 Å². The van der Waals surface area contributed by atoms with E-state index in [2.05, 4.69) is 0 Å². The number of rotatable bonds is 11.